The second-order valence-corrected chi connectivity index (χ2v) is 5.11. The predicted molar refractivity (Wildman–Crippen MR) is 71.6 cm³/mol. The molecule has 0 aliphatic rings. The number of halogens is 2. The SMILES string of the molecule is NCCOCc1nc(-c2ncc(Br)cc2Br)no1. The summed E-state index contributed by atoms with van der Waals surface area (Å²) in [7, 11) is 0. The summed E-state index contributed by atoms with van der Waals surface area (Å²) in [6, 6.07) is 1.86. The molecule has 0 fully saturated rings. The van der Waals surface area contributed by atoms with Gasteiger partial charge in [-0.1, -0.05) is 5.16 Å². The summed E-state index contributed by atoms with van der Waals surface area (Å²) < 4.78 is 11.9. The molecule has 2 N–H and O–H groups in total. The van der Waals surface area contributed by atoms with Crippen molar-refractivity contribution in [3.8, 4) is 11.5 Å². The first-order valence-corrected chi connectivity index (χ1v) is 6.71. The molecule has 18 heavy (non-hydrogen) atoms. The van der Waals surface area contributed by atoms with Crippen molar-refractivity contribution in [2.75, 3.05) is 13.2 Å². The molecular formula is C10H10Br2N4O2. The van der Waals surface area contributed by atoms with Crippen LogP contribution in [0.15, 0.2) is 25.7 Å². The standard InChI is InChI=1S/C10H10Br2N4O2/c11-6-3-7(12)9(14-4-6)10-15-8(18-16-10)5-17-2-1-13/h3-4H,1-2,5,13H2. The summed E-state index contributed by atoms with van der Waals surface area (Å²) in [5.74, 6) is 0.816. The Morgan fingerprint density at radius 2 is 2.22 bits per heavy atom. The van der Waals surface area contributed by atoms with Crippen molar-refractivity contribution in [3.05, 3.63) is 27.1 Å². The van der Waals surface area contributed by atoms with Crippen LogP contribution >= 0.6 is 31.9 Å². The predicted octanol–water partition coefficient (Wildman–Crippen LogP) is 2.13. The van der Waals surface area contributed by atoms with Gasteiger partial charge in [-0.3, -0.25) is 4.98 Å². The number of rotatable bonds is 5. The Morgan fingerprint density at radius 1 is 1.39 bits per heavy atom. The van der Waals surface area contributed by atoms with E-state index in [0.29, 0.717) is 30.6 Å². The van der Waals surface area contributed by atoms with Gasteiger partial charge in [0.2, 0.25) is 5.82 Å². The van der Waals surface area contributed by atoms with Crippen LogP contribution in [-0.2, 0) is 11.3 Å². The molecule has 0 aromatic carbocycles. The fourth-order valence-corrected chi connectivity index (χ4v) is 2.40. The van der Waals surface area contributed by atoms with Crippen molar-refractivity contribution in [1.29, 1.82) is 0 Å². The third-order valence-electron chi connectivity index (χ3n) is 1.98. The highest BCUT2D eigenvalue weighted by molar-refractivity contribution is 9.11. The maximum Gasteiger partial charge on any atom is 0.253 e. The molecule has 0 radical (unpaired) electrons. The summed E-state index contributed by atoms with van der Waals surface area (Å²) in [5.41, 5.74) is 5.93. The van der Waals surface area contributed by atoms with Gasteiger partial charge in [0.1, 0.15) is 12.3 Å². The van der Waals surface area contributed by atoms with Gasteiger partial charge in [0.05, 0.1) is 6.61 Å². The van der Waals surface area contributed by atoms with Crippen LogP contribution in [-0.4, -0.2) is 28.3 Å². The highest BCUT2D eigenvalue weighted by Gasteiger charge is 2.13. The van der Waals surface area contributed by atoms with E-state index in [1.165, 1.54) is 0 Å². The zero-order chi connectivity index (χ0) is 13.0. The molecule has 0 amide bonds. The molecule has 0 spiro atoms. The van der Waals surface area contributed by atoms with Gasteiger partial charge in [-0.05, 0) is 37.9 Å². The molecule has 0 saturated carbocycles. The lowest BCUT2D eigenvalue weighted by Crippen LogP contribution is -2.08. The average Bonchev–Trinajstić information content (AvgIpc) is 2.78. The third-order valence-corrected chi connectivity index (χ3v) is 3.01. The zero-order valence-corrected chi connectivity index (χ0v) is 12.4. The number of aromatic nitrogens is 3. The third kappa shape index (κ3) is 3.35. The maximum atomic E-state index is 5.31. The van der Waals surface area contributed by atoms with Gasteiger partial charge in [0.15, 0.2) is 0 Å². The van der Waals surface area contributed by atoms with E-state index in [-0.39, 0.29) is 6.61 Å². The van der Waals surface area contributed by atoms with Gasteiger partial charge in [0.25, 0.3) is 5.89 Å². The molecule has 8 heteroatoms. The largest absolute Gasteiger partial charge is 0.370 e. The van der Waals surface area contributed by atoms with E-state index >= 15 is 0 Å². The molecule has 0 unspecified atom stereocenters. The van der Waals surface area contributed by atoms with Crippen LogP contribution < -0.4 is 5.73 Å². The van der Waals surface area contributed by atoms with E-state index in [0.717, 1.165) is 8.95 Å². The van der Waals surface area contributed by atoms with Gasteiger partial charge >= 0.3 is 0 Å². The van der Waals surface area contributed by atoms with Crippen LogP contribution in [0, 0.1) is 0 Å². The fraction of sp³-hybridized carbons (Fsp3) is 0.300. The monoisotopic (exact) mass is 376 g/mol. The Balaban J connectivity index is 2.13. The molecule has 2 aromatic rings. The lowest BCUT2D eigenvalue weighted by molar-refractivity contribution is 0.104. The first kappa shape index (κ1) is 13.6. The van der Waals surface area contributed by atoms with E-state index in [4.69, 9.17) is 15.0 Å². The van der Waals surface area contributed by atoms with Gasteiger partial charge in [-0.15, -0.1) is 0 Å². The quantitative estimate of drug-likeness (QED) is 0.803. The molecule has 2 aromatic heterocycles. The van der Waals surface area contributed by atoms with Crippen LogP contribution in [0.4, 0.5) is 0 Å². The number of nitrogens with two attached hydrogens (primary N) is 1. The Kier molecular flexibility index (Phi) is 4.81. The highest BCUT2D eigenvalue weighted by atomic mass is 79.9. The van der Waals surface area contributed by atoms with Crippen LogP contribution in [0.1, 0.15) is 5.89 Å². The number of hydrogen-bond acceptors (Lipinski definition) is 6. The lowest BCUT2D eigenvalue weighted by Gasteiger charge is -1.98. The van der Waals surface area contributed by atoms with Crippen LogP contribution in [0.3, 0.4) is 0 Å². The molecule has 0 bridgehead atoms. The average molecular weight is 378 g/mol. The molecule has 6 nitrogen and oxygen atoms in total. The molecule has 2 heterocycles. The molecule has 0 aliphatic carbocycles. The molecule has 0 atom stereocenters. The van der Waals surface area contributed by atoms with Crippen molar-refractivity contribution in [1.82, 2.24) is 15.1 Å². The van der Waals surface area contributed by atoms with Crippen LogP contribution in [0.5, 0.6) is 0 Å². The second kappa shape index (κ2) is 6.37. The first-order chi connectivity index (χ1) is 8.70. The van der Waals surface area contributed by atoms with Crippen molar-refractivity contribution in [3.63, 3.8) is 0 Å². The van der Waals surface area contributed by atoms with Crippen molar-refractivity contribution >= 4 is 31.9 Å². The summed E-state index contributed by atoms with van der Waals surface area (Å²) in [5, 5.41) is 3.85. The van der Waals surface area contributed by atoms with E-state index < -0.39 is 0 Å². The summed E-state index contributed by atoms with van der Waals surface area (Å²) in [4.78, 5) is 8.41. The smallest absolute Gasteiger partial charge is 0.253 e. The summed E-state index contributed by atoms with van der Waals surface area (Å²) in [6.45, 7) is 1.16. The van der Waals surface area contributed by atoms with E-state index in [1.807, 2.05) is 6.07 Å². The van der Waals surface area contributed by atoms with Gasteiger partial charge in [-0.25, -0.2) is 0 Å². The number of pyridine rings is 1. The summed E-state index contributed by atoms with van der Waals surface area (Å²) >= 11 is 6.72. The van der Waals surface area contributed by atoms with Gasteiger partial charge < -0.3 is 15.0 Å². The molecule has 0 aliphatic heterocycles. The van der Waals surface area contributed by atoms with Gasteiger partial charge in [0, 0.05) is 21.7 Å². The summed E-state index contributed by atoms with van der Waals surface area (Å²) in [6.07, 6.45) is 1.67. The minimum atomic E-state index is 0.248. The first-order valence-electron chi connectivity index (χ1n) is 5.12. The van der Waals surface area contributed by atoms with Crippen molar-refractivity contribution in [2.24, 2.45) is 5.73 Å². The Labute approximate surface area is 120 Å². The van der Waals surface area contributed by atoms with Crippen LogP contribution in [0.2, 0.25) is 0 Å². The molecule has 0 saturated heterocycles. The Hall–Kier alpha value is -0.830. The number of hydrogen-bond donors (Lipinski definition) is 1. The van der Waals surface area contributed by atoms with E-state index in [9.17, 15) is 0 Å². The number of nitrogens with zero attached hydrogens (tertiary/aromatic N) is 3. The highest BCUT2D eigenvalue weighted by Crippen LogP contribution is 2.26. The maximum absolute atomic E-state index is 5.31. The minimum absolute atomic E-state index is 0.248. The number of ether oxygens (including phenoxy) is 1. The topological polar surface area (TPSA) is 87.1 Å². The lowest BCUT2D eigenvalue weighted by atomic mass is 10.3. The van der Waals surface area contributed by atoms with E-state index in [1.54, 1.807) is 6.20 Å². The van der Waals surface area contributed by atoms with Crippen molar-refractivity contribution < 1.29 is 9.26 Å². The Bertz CT molecular complexity index is 532. The zero-order valence-electron chi connectivity index (χ0n) is 9.27. The molecular weight excluding hydrogens is 368 g/mol. The van der Waals surface area contributed by atoms with Crippen molar-refractivity contribution in [2.45, 2.75) is 6.61 Å². The van der Waals surface area contributed by atoms with Gasteiger partial charge in [-0.2, -0.15) is 4.98 Å². The molecule has 2 rings (SSSR count). The Morgan fingerprint density at radius 3 is 2.94 bits per heavy atom. The fourth-order valence-electron chi connectivity index (χ4n) is 1.23. The van der Waals surface area contributed by atoms with E-state index in [2.05, 4.69) is 47.0 Å². The second-order valence-electron chi connectivity index (χ2n) is 3.34. The van der Waals surface area contributed by atoms with Crippen LogP contribution in [0.25, 0.3) is 11.5 Å². The minimum Gasteiger partial charge on any atom is -0.370 e. The molecule has 96 valence electrons. The normalized spacial score (nSPS) is 10.8.